The summed E-state index contributed by atoms with van der Waals surface area (Å²) >= 11 is 9.26. The first-order valence-corrected chi connectivity index (χ1v) is 7.10. The molecule has 0 aliphatic rings. The highest BCUT2D eigenvalue weighted by molar-refractivity contribution is 9.10. The maximum atomic E-state index is 12.0. The van der Waals surface area contributed by atoms with Crippen LogP contribution in [0, 0.1) is 13.8 Å². The Balaban J connectivity index is 2.13. The number of amides is 1. The summed E-state index contributed by atoms with van der Waals surface area (Å²) in [6.45, 7) is 3.74. The number of nitrogens with zero attached hydrogens (tertiary/aromatic N) is 2. The zero-order valence-corrected chi connectivity index (χ0v) is 13.4. The maximum Gasteiger partial charge on any atom is 0.246 e. The molecule has 1 aromatic carbocycles. The number of aromatic nitrogens is 2. The Labute approximate surface area is 130 Å². The van der Waals surface area contributed by atoms with Crippen molar-refractivity contribution in [1.82, 2.24) is 9.78 Å². The number of nitrogens with two attached hydrogens (primary N) is 1. The summed E-state index contributed by atoms with van der Waals surface area (Å²) in [5, 5.41) is 7.56. The van der Waals surface area contributed by atoms with Gasteiger partial charge in [-0.05, 0) is 48.0 Å². The van der Waals surface area contributed by atoms with Crippen molar-refractivity contribution in [1.29, 1.82) is 0 Å². The molecule has 3 N–H and O–H groups in total. The first-order chi connectivity index (χ1) is 9.38. The van der Waals surface area contributed by atoms with E-state index < -0.39 is 0 Å². The van der Waals surface area contributed by atoms with Crippen LogP contribution in [0.1, 0.15) is 11.4 Å². The van der Waals surface area contributed by atoms with Crippen LogP contribution < -0.4 is 11.1 Å². The Bertz CT molecular complexity index is 669. The summed E-state index contributed by atoms with van der Waals surface area (Å²) in [7, 11) is 0. The number of rotatable bonds is 3. The third-order valence-electron chi connectivity index (χ3n) is 2.93. The van der Waals surface area contributed by atoms with Gasteiger partial charge in [-0.3, -0.25) is 9.48 Å². The molecule has 0 fully saturated rings. The third kappa shape index (κ3) is 3.13. The quantitative estimate of drug-likeness (QED) is 0.886. The van der Waals surface area contributed by atoms with Crippen LogP contribution in [0.5, 0.6) is 0 Å². The van der Waals surface area contributed by atoms with E-state index in [1.165, 1.54) is 0 Å². The Morgan fingerprint density at radius 3 is 2.80 bits per heavy atom. The molecule has 1 aromatic heterocycles. The summed E-state index contributed by atoms with van der Waals surface area (Å²) in [4.78, 5) is 12.0. The molecule has 0 atom stereocenters. The van der Waals surface area contributed by atoms with Gasteiger partial charge in [0.25, 0.3) is 0 Å². The molecule has 5 nitrogen and oxygen atoms in total. The molecule has 1 heterocycles. The summed E-state index contributed by atoms with van der Waals surface area (Å²) in [6, 6.07) is 5.20. The molecule has 2 aromatic rings. The predicted octanol–water partition coefficient (Wildman–Crippen LogP) is 3.14. The summed E-state index contributed by atoms with van der Waals surface area (Å²) in [5.74, 6) is -0.196. The number of carbonyl (C=O) groups is 1. The molecule has 0 bridgehead atoms. The van der Waals surface area contributed by atoms with E-state index in [2.05, 4.69) is 26.3 Å². The van der Waals surface area contributed by atoms with Crippen molar-refractivity contribution in [2.24, 2.45) is 0 Å². The molecule has 0 spiro atoms. The Hall–Kier alpha value is -1.53. The number of nitrogens with one attached hydrogen (secondary N) is 1. The number of aryl methyl sites for hydroxylation is 1. The predicted molar refractivity (Wildman–Crippen MR) is 83.9 cm³/mol. The van der Waals surface area contributed by atoms with Gasteiger partial charge in [0.05, 0.1) is 22.8 Å². The monoisotopic (exact) mass is 356 g/mol. The zero-order valence-electron chi connectivity index (χ0n) is 11.1. The zero-order chi connectivity index (χ0) is 14.9. The van der Waals surface area contributed by atoms with Crippen molar-refractivity contribution in [3.05, 3.63) is 39.1 Å². The lowest BCUT2D eigenvalue weighted by Crippen LogP contribution is -2.20. The minimum atomic E-state index is -0.196. The highest BCUT2D eigenvalue weighted by Crippen LogP contribution is 2.26. The van der Waals surface area contributed by atoms with Crippen LogP contribution in [0.3, 0.4) is 0 Å². The van der Waals surface area contributed by atoms with Crippen LogP contribution in [0.2, 0.25) is 5.02 Å². The largest absolute Gasteiger partial charge is 0.396 e. The molecular formula is C13H14BrClN4O. The van der Waals surface area contributed by atoms with Gasteiger partial charge < -0.3 is 11.1 Å². The Morgan fingerprint density at radius 1 is 1.50 bits per heavy atom. The van der Waals surface area contributed by atoms with E-state index in [1.54, 1.807) is 22.9 Å². The van der Waals surface area contributed by atoms with E-state index in [1.807, 2.05) is 13.8 Å². The van der Waals surface area contributed by atoms with Crippen LogP contribution in [0.25, 0.3) is 0 Å². The highest BCUT2D eigenvalue weighted by Gasteiger charge is 2.12. The van der Waals surface area contributed by atoms with Crippen molar-refractivity contribution in [3.63, 3.8) is 0 Å². The maximum absolute atomic E-state index is 12.0. The van der Waals surface area contributed by atoms with Crippen molar-refractivity contribution in [3.8, 4) is 0 Å². The fraction of sp³-hybridized carbons (Fsp3) is 0.231. The molecular weight excluding hydrogens is 344 g/mol. The second kappa shape index (κ2) is 5.85. The van der Waals surface area contributed by atoms with Crippen molar-refractivity contribution < 1.29 is 4.79 Å². The highest BCUT2D eigenvalue weighted by atomic mass is 79.9. The summed E-state index contributed by atoms with van der Waals surface area (Å²) in [5.41, 5.74) is 8.57. The van der Waals surface area contributed by atoms with Gasteiger partial charge in [-0.1, -0.05) is 11.6 Å². The lowest BCUT2D eigenvalue weighted by Gasteiger charge is -2.09. The second-order valence-electron chi connectivity index (χ2n) is 4.41. The van der Waals surface area contributed by atoms with Gasteiger partial charge >= 0.3 is 0 Å². The summed E-state index contributed by atoms with van der Waals surface area (Å²) < 4.78 is 2.35. The lowest BCUT2D eigenvalue weighted by molar-refractivity contribution is -0.116. The standard InChI is InChI=1S/C13H14BrClN4O/c1-7-13(16)8(2)19(18-7)6-12(20)17-11-5-9(15)3-4-10(11)14/h3-5H,6,16H2,1-2H3,(H,17,20). The Morgan fingerprint density at radius 2 is 2.20 bits per heavy atom. The van der Waals surface area contributed by atoms with Crippen LogP contribution in [-0.2, 0) is 11.3 Å². The van der Waals surface area contributed by atoms with Gasteiger partial charge in [-0.2, -0.15) is 5.10 Å². The average molecular weight is 358 g/mol. The number of halogens is 2. The number of hydrogen-bond donors (Lipinski definition) is 2. The fourth-order valence-electron chi connectivity index (χ4n) is 1.78. The van der Waals surface area contributed by atoms with E-state index in [9.17, 15) is 4.79 Å². The lowest BCUT2D eigenvalue weighted by atomic mass is 10.3. The smallest absolute Gasteiger partial charge is 0.246 e. The Kier molecular flexibility index (Phi) is 4.35. The van der Waals surface area contributed by atoms with Crippen molar-refractivity contribution in [2.45, 2.75) is 20.4 Å². The molecule has 7 heteroatoms. The van der Waals surface area contributed by atoms with Gasteiger partial charge in [-0.25, -0.2) is 0 Å². The third-order valence-corrected chi connectivity index (χ3v) is 3.86. The van der Waals surface area contributed by atoms with E-state index >= 15 is 0 Å². The van der Waals surface area contributed by atoms with Gasteiger partial charge in [0.2, 0.25) is 5.91 Å². The molecule has 0 aliphatic heterocycles. The molecule has 0 saturated heterocycles. The topological polar surface area (TPSA) is 72.9 Å². The van der Waals surface area contributed by atoms with Gasteiger partial charge in [0, 0.05) is 9.50 Å². The first kappa shape index (κ1) is 14.9. The molecule has 0 unspecified atom stereocenters. The minimum Gasteiger partial charge on any atom is -0.396 e. The average Bonchev–Trinajstić information content (AvgIpc) is 2.61. The molecule has 0 aliphatic carbocycles. The van der Waals surface area contributed by atoms with Crippen LogP contribution in [0.15, 0.2) is 22.7 Å². The van der Waals surface area contributed by atoms with Crippen molar-refractivity contribution in [2.75, 3.05) is 11.1 Å². The molecule has 2 rings (SSSR count). The van der Waals surface area contributed by atoms with Gasteiger partial charge in [-0.15, -0.1) is 0 Å². The second-order valence-corrected chi connectivity index (χ2v) is 5.71. The van der Waals surface area contributed by atoms with E-state index in [4.69, 9.17) is 17.3 Å². The SMILES string of the molecule is Cc1nn(CC(=O)Nc2cc(Cl)ccc2Br)c(C)c1N. The van der Waals surface area contributed by atoms with Crippen LogP contribution in [-0.4, -0.2) is 15.7 Å². The fourth-order valence-corrected chi connectivity index (χ4v) is 2.30. The van der Waals surface area contributed by atoms with E-state index in [0.29, 0.717) is 16.4 Å². The molecule has 0 saturated carbocycles. The first-order valence-electron chi connectivity index (χ1n) is 5.93. The van der Waals surface area contributed by atoms with Crippen LogP contribution in [0.4, 0.5) is 11.4 Å². The molecule has 0 radical (unpaired) electrons. The molecule has 1 amide bonds. The minimum absolute atomic E-state index is 0.100. The molecule has 106 valence electrons. The summed E-state index contributed by atoms with van der Waals surface area (Å²) in [6.07, 6.45) is 0. The van der Waals surface area contributed by atoms with E-state index in [0.717, 1.165) is 15.9 Å². The van der Waals surface area contributed by atoms with Gasteiger partial charge in [0.1, 0.15) is 6.54 Å². The number of nitrogen functional groups attached to an aromatic ring is 1. The van der Waals surface area contributed by atoms with Gasteiger partial charge in [0.15, 0.2) is 0 Å². The normalized spacial score (nSPS) is 10.6. The number of carbonyl (C=O) groups excluding carboxylic acids is 1. The number of hydrogen-bond acceptors (Lipinski definition) is 3. The molecule has 20 heavy (non-hydrogen) atoms. The van der Waals surface area contributed by atoms with Crippen LogP contribution >= 0.6 is 27.5 Å². The number of benzene rings is 1. The number of anilines is 2. The van der Waals surface area contributed by atoms with Crippen molar-refractivity contribution >= 4 is 44.8 Å². The van der Waals surface area contributed by atoms with E-state index in [-0.39, 0.29) is 12.5 Å².